The molecule has 1 unspecified atom stereocenters. The molecule has 0 saturated heterocycles. The molecule has 0 radical (unpaired) electrons. The van der Waals surface area contributed by atoms with E-state index < -0.39 is 0 Å². The van der Waals surface area contributed by atoms with Gasteiger partial charge in [0, 0.05) is 22.9 Å². The van der Waals surface area contributed by atoms with Gasteiger partial charge in [0.05, 0.1) is 11.8 Å². The Morgan fingerprint density at radius 3 is 2.95 bits per heavy atom. The lowest BCUT2D eigenvalue weighted by Gasteiger charge is -2.12. The SMILES string of the molecule is CC(Sc1ccc(Cl)cc1)C(=O)NCc1nnc2n1CCC2. The van der Waals surface area contributed by atoms with Crippen LogP contribution in [0.25, 0.3) is 0 Å². The second kappa shape index (κ2) is 6.71. The smallest absolute Gasteiger partial charge is 0.233 e. The number of aromatic nitrogens is 3. The number of hydrogen-bond donors (Lipinski definition) is 1. The van der Waals surface area contributed by atoms with Crippen molar-refractivity contribution in [2.75, 3.05) is 0 Å². The summed E-state index contributed by atoms with van der Waals surface area (Å²) in [4.78, 5) is 13.2. The number of carbonyl (C=O) groups excluding carboxylic acids is 1. The number of carbonyl (C=O) groups is 1. The van der Waals surface area contributed by atoms with E-state index in [1.54, 1.807) is 0 Å². The van der Waals surface area contributed by atoms with Crippen LogP contribution in [-0.4, -0.2) is 25.9 Å². The molecular weight excluding hydrogens is 320 g/mol. The van der Waals surface area contributed by atoms with Gasteiger partial charge >= 0.3 is 0 Å². The maximum absolute atomic E-state index is 12.2. The minimum absolute atomic E-state index is 0.00435. The van der Waals surface area contributed by atoms with Crippen LogP contribution in [0.15, 0.2) is 29.2 Å². The minimum Gasteiger partial charge on any atom is -0.348 e. The predicted molar refractivity (Wildman–Crippen MR) is 87.0 cm³/mol. The van der Waals surface area contributed by atoms with Gasteiger partial charge in [-0.15, -0.1) is 22.0 Å². The molecule has 2 heterocycles. The number of halogens is 1. The van der Waals surface area contributed by atoms with Gasteiger partial charge in [-0.25, -0.2) is 0 Å². The number of nitrogens with one attached hydrogen (secondary N) is 1. The van der Waals surface area contributed by atoms with Crippen molar-refractivity contribution in [1.29, 1.82) is 0 Å². The van der Waals surface area contributed by atoms with Gasteiger partial charge in [0.1, 0.15) is 5.82 Å². The molecule has 0 spiro atoms. The molecule has 1 aliphatic rings. The molecule has 0 saturated carbocycles. The zero-order valence-electron chi connectivity index (χ0n) is 12.3. The molecule has 7 heteroatoms. The van der Waals surface area contributed by atoms with Crippen molar-refractivity contribution in [3.8, 4) is 0 Å². The highest BCUT2D eigenvalue weighted by Crippen LogP contribution is 2.24. The van der Waals surface area contributed by atoms with Gasteiger partial charge < -0.3 is 9.88 Å². The Bertz CT molecular complexity index is 671. The highest BCUT2D eigenvalue weighted by molar-refractivity contribution is 8.00. The fraction of sp³-hybridized carbons (Fsp3) is 0.400. The fourth-order valence-corrected chi connectivity index (χ4v) is 3.44. The van der Waals surface area contributed by atoms with E-state index in [4.69, 9.17) is 11.6 Å². The molecule has 1 amide bonds. The first-order valence-electron chi connectivity index (χ1n) is 7.24. The molecule has 0 bridgehead atoms. The van der Waals surface area contributed by atoms with Gasteiger partial charge in [-0.3, -0.25) is 4.79 Å². The van der Waals surface area contributed by atoms with Crippen molar-refractivity contribution >= 4 is 29.3 Å². The third-order valence-electron chi connectivity index (χ3n) is 3.60. The standard InChI is InChI=1S/C15H17ClN4OS/c1-10(22-12-6-4-11(16)5-7-12)15(21)17-9-14-19-18-13-3-2-8-20(13)14/h4-7,10H,2-3,8-9H2,1H3,(H,17,21). The number of benzene rings is 1. The van der Waals surface area contributed by atoms with Crippen LogP contribution in [0.4, 0.5) is 0 Å². The van der Waals surface area contributed by atoms with E-state index in [2.05, 4.69) is 20.1 Å². The largest absolute Gasteiger partial charge is 0.348 e. The third kappa shape index (κ3) is 3.44. The average molecular weight is 337 g/mol. The summed E-state index contributed by atoms with van der Waals surface area (Å²) in [5.41, 5.74) is 0. The maximum Gasteiger partial charge on any atom is 0.233 e. The zero-order valence-corrected chi connectivity index (χ0v) is 13.8. The van der Waals surface area contributed by atoms with E-state index in [-0.39, 0.29) is 11.2 Å². The van der Waals surface area contributed by atoms with Crippen LogP contribution in [0, 0.1) is 0 Å². The molecule has 2 aromatic rings. The van der Waals surface area contributed by atoms with Crippen LogP contribution < -0.4 is 5.32 Å². The molecule has 0 aliphatic carbocycles. The minimum atomic E-state index is -0.179. The summed E-state index contributed by atoms with van der Waals surface area (Å²) in [5.74, 6) is 1.85. The van der Waals surface area contributed by atoms with Crippen LogP contribution in [-0.2, 0) is 24.3 Å². The average Bonchev–Trinajstić information content (AvgIpc) is 3.11. The zero-order chi connectivity index (χ0) is 15.5. The molecule has 3 rings (SSSR count). The summed E-state index contributed by atoms with van der Waals surface area (Å²) in [6.45, 7) is 3.27. The monoisotopic (exact) mass is 336 g/mol. The number of nitrogens with zero attached hydrogens (tertiary/aromatic N) is 3. The topological polar surface area (TPSA) is 59.8 Å². The molecule has 1 aliphatic heterocycles. The number of amides is 1. The lowest BCUT2D eigenvalue weighted by molar-refractivity contribution is -0.120. The molecule has 1 aromatic heterocycles. The Morgan fingerprint density at radius 2 is 2.18 bits per heavy atom. The predicted octanol–water partition coefficient (Wildman–Crippen LogP) is 2.67. The second-order valence-electron chi connectivity index (χ2n) is 5.22. The van der Waals surface area contributed by atoms with Crippen LogP contribution in [0.3, 0.4) is 0 Å². The number of aryl methyl sites for hydroxylation is 1. The number of thioether (sulfide) groups is 1. The molecule has 5 nitrogen and oxygen atoms in total. The van der Waals surface area contributed by atoms with E-state index in [0.717, 1.165) is 35.9 Å². The fourth-order valence-electron chi connectivity index (χ4n) is 2.42. The highest BCUT2D eigenvalue weighted by atomic mass is 35.5. The summed E-state index contributed by atoms with van der Waals surface area (Å²) in [6.07, 6.45) is 2.08. The molecule has 1 aromatic carbocycles. The maximum atomic E-state index is 12.2. The van der Waals surface area contributed by atoms with Crippen molar-refractivity contribution < 1.29 is 4.79 Å². The van der Waals surface area contributed by atoms with Gasteiger partial charge in [0.25, 0.3) is 0 Å². The van der Waals surface area contributed by atoms with Crippen molar-refractivity contribution in [3.05, 3.63) is 40.9 Å². The molecule has 1 atom stereocenters. The van der Waals surface area contributed by atoms with Crippen LogP contribution >= 0.6 is 23.4 Å². The summed E-state index contributed by atoms with van der Waals surface area (Å²) in [6, 6.07) is 7.49. The quantitative estimate of drug-likeness (QED) is 0.853. The van der Waals surface area contributed by atoms with E-state index in [9.17, 15) is 4.79 Å². The van der Waals surface area contributed by atoms with Gasteiger partial charge in [-0.05, 0) is 37.6 Å². The summed E-state index contributed by atoms with van der Waals surface area (Å²) in [5, 5.41) is 11.7. The molecular formula is C15H17ClN4OS. The lowest BCUT2D eigenvalue weighted by atomic mass is 10.4. The van der Waals surface area contributed by atoms with Crippen molar-refractivity contribution in [2.45, 2.75) is 43.0 Å². The van der Waals surface area contributed by atoms with Gasteiger partial charge in [0.2, 0.25) is 5.91 Å². The Labute approximate surface area is 138 Å². The first-order valence-corrected chi connectivity index (χ1v) is 8.50. The molecule has 116 valence electrons. The van der Waals surface area contributed by atoms with Crippen LogP contribution in [0.2, 0.25) is 5.02 Å². The Morgan fingerprint density at radius 1 is 1.41 bits per heavy atom. The summed E-state index contributed by atoms with van der Waals surface area (Å²) >= 11 is 7.37. The molecule has 0 fully saturated rings. The van der Waals surface area contributed by atoms with E-state index in [1.165, 1.54) is 11.8 Å². The summed E-state index contributed by atoms with van der Waals surface area (Å²) < 4.78 is 2.09. The third-order valence-corrected chi connectivity index (χ3v) is 4.97. The summed E-state index contributed by atoms with van der Waals surface area (Å²) in [7, 11) is 0. The number of fused-ring (bicyclic) bond motifs is 1. The number of rotatable bonds is 5. The van der Waals surface area contributed by atoms with Crippen molar-refractivity contribution in [3.63, 3.8) is 0 Å². The Kier molecular flexibility index (Phi) is 4.69. The van der Waals surface area contributed by atoms with E-state index >= 15 is 0 Å². The first kappa shape index (κ1) is 15.4. The highest BCUT2D eigenvalue weighted by Gasteiger charge is 2.19. The van der Waals surface area contributed by atoms with Crippen LogP contribution in [0.5, 0.6) is 0 Å². The van der Waals surface area contributed by atoms with Gasteiger partial charge in [0.15, 0.2) is 5.82 Å². The van der Waals surface area contributed by atoms with E-state index in [0.29, 0.717) is 11.6 Å². The van der Waals surface area contributed by atoms with Crippen LogP contribution in [0.1, 0.15) is 25.0 Å². The van der Waals surface area contributed by atoms with Gasteiger partial charge in [-0.2, -0.15) is 0 Å². The van der Waals surface area contributed by atoms with Crippen molar-refractivity contribution in [1.82, 2.24) is 20.1 Å². The number of hydrogen-bond acceptors (Lipinski definition) is 4. The van der Waals surface area contributed by atoms with Crippen molar-refractivity contribution in [2.24, 2.45) is 0 Å². The second-order valence-corrected chi connectivity index (χ2v) is 7.07. The molecule has 22 heavy (non-hydrogen) atoms. The van der Waals surface area contributed by atoms with Gasteiger partial charge in [-0.1, -0.05) is 11.6 Å². The Hall–Kier alpha value is -1.53. The first-order chi connectivity index (χ1) is 10.6. The normalized spacial score (nSPS) is 14.6. The Balaban J connectivity index is 1.53. The molecule has 1 N–H and O–H groups in total. The lowest BCUT2D eigenvalue weighted by Crippen LogP contribution is -2.31. The van der Waals surface area contributed by atoms with E-state index in [1.807, 2.05) is 31.2 Å².